The molecule has 3 aliphatic carbocycles. The predicted octanol–water partition coefficient (Wildman–Crippen LogP) is 6.64. The second-order valence-corrected chi connectivity index (χ2v) is 9.92. The highest BCUT2D eigenvalue weighted by Crippen LogP contribution is 2.63. The van der Waals surface area contributed by atoms with Gasteiger partial charge in [-0.15, -0.1) is 0 Å². The van der Waals surface area contributed by atoms with E-state index >= 15 is 0 Å². The van der Waals surface area contributed by atoms with Gasteiger partial charge in [0.25, 0.3) is 6.08 Å². The van der Waals surface area contributed by atoms with Crippen LogP contribution in [0, 0.1) is 17.3 Å². The van der Waals surface area contributed by atoms with Crippen LogP contribution in [0.15, 0.2) is 23.8 Å². The fourth-order valence-electron chi connectivity index (χ4n) is 6.40. The molecule has 0 amide bonds. The van der Waals surface area contributed by atoms with Crippen molar-refractivity contribution in [3.8, 4) is 5.75 Å². The molecule has 0 bridgehead atoms. The summed E-state index contributed by atoms with van der Waals surface area (Å²) in [5.41, 5.74) is 3.51. The lowest BCUT2D eigenvalue weighted by molar-refractivity contribution is -0.110. The monoisotopic (exact) mass is 452 g/mol. The summed E-state index contributed by atoms with van der Waals surface area (Å²) in [6, 6.07) is 4.05. The fourth-order valence-corrected chi connectivity index (χ4v) is 6.68. The normalized spacial score (nSPS) is 31.1. The second kappa shape index (κ2) is 7.55. The summed E-state index contributed by atoms with van der Waals surface area (Å²) >= 11 is 2.96. The Balaban J connectivity index is 1.62. The summed E-state index contributed by atoms with van der Waals surface area (Å²) in [4.78, 5) is 11.1. The number of carbonyl (C=O) groups is 1. The third-order valence-electron chi connectivity index (χ3n) is 7.76. The van der Waals surface area contributed by atoms with Crippen LogP contribution in [-0.2, 0) is 17.6 Å². The quantitative estimate of drug-likeness (QED) is 0.519. The average Bonchev–Trinajstić information content (AvgIpc) is 2.99. The van der Waals surface area contributed by atoms with Gasteiger partial charge in [0.2, 0.25) is 0 Å². The first-order valence-corrected chi connectivity index (χ1v) is 11.2. The van der Waals surface area contributed by atoms with Crippen molar-refractivity contribution in [2.75, 3.05) is 0 Å². The molecule has 0 radical (unpaired) electrons. The van der Waals surface area contributed by atoms with E-state index in [2.05, 4.69) is 28.9 Å². The Hall–Kier alpha value is -1.23. The molecule has 2 saturated carbocycles. The van der Waals surface area contributed by atoms with Crippen molar-refractivity contribution in [3.63, 3.8) is 0 Å². The van der Waals surface area contributed by atoms with Gasteiger partial charge in [-0.25, -0.2) is 0 Å². The van der Waals surface area contributed by atoms with E-state index in [4.69, 9.17) is 0 Å². The first-order chi connectivity index (χ1) is 13.3. The number of rotatable bonds is 4. The molecule has 3 aliphatic rings. The number of carbonyl (C=O) groups excluding carboxylic acids is 1. The van der Waals surface area contributed by atoms with Crippen molar-refractivity contribution in [2.24, 2.45) is 17.3 Å². The topological polar surface area (TPSA) is 37.3 Å². The van der Waals surface area contributed by atoms with E-state index < -0.39 is 6.08 Å². The molecule has 1 aromatic rings. The number of aryl methyl sites for hydroxylation is 2. The van der Waals surface area contributed by atoms with Crippen LogP contribution in [0.4, 0.5) is 8.78 Å². The minimum Gasteiger partial charge on any atom is -0.508 e. The van der Waals surface area contributed by atoms with Crippen molar-refractivity contribution in [1.29, 1.82) is 0 Å². The second-order valence-electron chi connectivity index (χ2n) is 9.04. The number of hydrogen-bond donors (Lipinski definition) is 1. The first kappa shape index (κ1) is 20.1. The zero-order chi connectivity index (χ0) is 20.1. The minimum atomic E-state index is -1.45. The highest BCUT2D eigenvalue weighted by Gasteiger charge is 2.53. The van der Waals surface area contributed by atoms with Crippen molar-refractivity contribution in [1.82, 2.24) is 0 Å². The van der Waals surface area contributed by atoms with E-state index in [-0.39, 0.29) is 10.1 Å². The number of benzene rings is 1. The molecule has 1 aromatic carbocycles. The number of phenols is 1. The lowest BCUT2D eigenvalue weighted by Gasteiger charge is -2.49. The summed E-state index contributed by atoms with van der Waals surface area (Å²) in [6.07, 6.45) is 5.48. The van der Waals surface area contributed by atoms with E-state index in [9.17, 15) is 18.7 Å². The number of fused-ring (bicyclic) bond motifs is 5. The van der Waals surface area contributed by atoms with Gasteiger partial charge in [-0.2, -0.15) is 8.78 Å². The number of allylic oxidation sites excluding steroid dienone is 1. The molecule has 0 aliphatic heterocycles. The highest BCUT2D eigenvalue weighted by molar-refractivity contribution is 9.18. The molecule has 0 spiro atoms. The van der Waals surface area contributed by atoms with Crippen molar-refractivity contribution in [3.05, 3.63) is 40.5 Å². The Labute approximate surface area is 173 Å². The molecule has 1 N–H and O–H groups in total. The molecule has 0 heterocycles. The lowest BCUT2D eigenvalue weighted by Crippen LogP contribution is -2.40. The molecule has 0 saturated heterocycles. The summed E-state index contributed by atoms with van der Waals surface area (Å²) in [5.74, 6) is 1.51. The number of hydrogen-bond acceptors (Lipinski definition) is 2. The molecule has 28 heavy (non-hydrogen) atoms. The van der Waals surface area contributed by atoms with Crippen LogP contribution in [0.3, 0.4) is 0 Å². The smallest absolute Gasteiger partial charge is 0.270 e. The van der Waals surface area contributed by atoms with E-state index in [1.165, 1.54) is 11.1 Å². The zero-order valence-electron chi connectivity index (χ0n) is 16.2. The Bertz CT molecular complexity index is 830. The lowest BCUT2D eigenvalue weighted by atomic mass is 9.55. The standard InChI is InChI=1S/C23H27BrF2O2/c1-23-10-9-15-16(18(23)7-8-19(23)22(25)26)6-5-13-12-20(27)14(11-17(13)15)3-2-4-21(24)28/h11-12,15-16,18,27H,2-10H2,1H3/t15?,16?,18?,23-/m0/s1. The predicted molar refractivity (Wildman–Crippen MR) is 109 cm³/mol. The van der Waals surface area contributed by atoms with Gasteiger partial charge in [0, 0.05) is 12.0 Å². The van der Waals surface area contributed by atoms with E-state index in [0.29, 0.717) is 54.8 Å². The van der Waals surface area contributed by atoms with Gasteiger partial charge in [-0.05, 0) is 113 Å². The highest BCUT2D eigenvalue weighted by atomic mass is 79.9. The molecule has 0 aromatic heterocycles. The van der Waals surface area contributed by atoms with Crippen LogP contribution in [-0.4, -0.2) is 9.80 Å². The van der Waals surface area contributed by atoms with Gasteiger partial charge in [-0.1, -0.05) is 13.0 Å². The summed E-state index contributed by atoms with van der Waals surface area (Å²) in [7, 11) is 0. The molecule has 4 rings (SSSR count). The largest absolute Gasteiger partial charge is 0.508 e. The van der Waals surface area contributed by atoms with Crippen LogP contribution in [0.1, 0.15) is 74.5 Å². The van der Waals surface area contributed by atoms with Gasteiger partial charge >= 0.3 is 0 Å². The maximum absolute atomic E-state index is 13.5. The number of aromatic hydroxyl groups is 1. The summed E-state index contributed by atoms with van der Waals surface area (Å²) < 4.78 is 27.0. The molecule has 152 valence electrons. The Morgan fingerprint density at radius 3 is 2.75 bits per heavy atom. The van der Waals surface area contributed by atoms with Crippen LogP contribution >= 0.6 is 15.9 Å². The molecule has 2 fully saturated rings. The van der Waals surface area contributed by atoms with Crippen molar-refractivity contribution in [2.45, 2.75) is 70.6 Å². The van der Waals surface area contributed by atoms with Crippen molar-refractivity contribution < 1.29 is 18.7 Å². The molecule has 5 heteroatoms. The van der Waals surface area contributed by atoms with Crippen LogP contribution in [0.5, 0.6) is 5.75 Å². The first-order valence-electron chi connectivity index (χ1n) is 10.4. The third-order valence-corrected chi connectivity index (χ3v) is 8.15. The van der Waals surface area contributed by atoms with Crippen LogP contribution in [0.2, 0.25) is 0 Å². The summed E-state index contributed by atoms with van der Waals surface area (Å²) in [5, 5.41) is 10.4. The Morgan fingerprint density at radius 2 is 2.04 bits per heavy atom. The van der Waals surface area contributed by atoms with E-state index in [0.717, 1.165) is 37.7 Å². The average molecular weight is 453 g/mol. The maximum Gasteiger partial charge on any atom is 0.270 e. The minimum absolute atomic E-state index is 0.0123. The van der Waals surface area contributed by atoms with Gasteiger partial charge in [0.05, 0.1) is 0 Å². The Morgan fingerprint density at radius 1 is 1.25 bits per heavy atom. The van der Waals surface area contributed by atoms with Crippen molar-refractivity contribution >= 4 is 20.6 Å². The molecule has 4 atom stereocenters. The van der Waals surface area contributed by atoms with E-state index in [1.54, 1.807) is 0 Å². The molecular formula is C23H27BrF2O2. The molecule has 2 nitrogen and oxygen atoms in total. The Kier molecular flexibility index (Phi) is 5.41. The number of phenolic OH excluding ortho intramolecular Hbond substituents is 1. The molecular weight excluding hydrogens is 426 g/mol. The van der Waals surface area contributed by atoms with Gasteiger partial charge in [0.1, 0.15) is 5.75 Å². The van der Waals surface area contributed by atoms with Crippen LogP contribution in [0.25, 0.3) is 0 Å². The SMILES string of the molecule is C[C@]12CCC3c4cc(CCCC(=O)Br)c(O)cc4CCC3C1CCC2=C(F)F. The molecule has 3 unspecified atom stereocenters. The summed E-state index contributed by atoms with van der Waals surface area (Å²) in [6.45, 7) is 2.06. The van der Waals surface area contributed by atoms with E-state index in [1.807, 2.05) is 6.07 Å². The van der Waals surface area contributed by atoms with Crippen LogP contribution < -0.4 is 0 Å². The number of halogens is 3. The van der Waals surface area contributed by atoms with Gasteiger partial charge < -0.3 is 5.11 Å². The fraction of sp³-hybridized carbons (Fsp3) is 0.609. The van der Waals surface area contributed by atoms with Gasteiger partial charge in [-0.3, -0.25) is 4.79 Å². The third kappa shape index (κ3) is 3.34. The zero-order valence-corrected chi connectivity index (χ0v) is 17.8. The maximum atomic E-state index is 13.5. The van der Waals surface area contributed by atoms with Gasteiger partial charge in [0.15, 0.2) is 4.69 Å².